The first kappa shape index (κ1) is 16.8. The molecule has 116 valence electrons. The van der Waals surface area contributed by atoms with Crippen LogP contribution >= 0.6 is 0 Å². The molecular formula is C15H28N2O3. The lowest BCUT2D eigenvalue weighted by Crippen LogP contribution is -2.55. The number of carboxylic acid groups (broad SMARTS) is 1. The van der Waals surface area contributed by atoms with Gasteiger partial charge in [-0.05, 0) is 45.4 Å². The van der Waals surface area contributed by atoms with Crippen molar-refractivity contribution >= 4 is 12.0 Å². The van der Waals surface area contributed by atoms with Crippen LogP contribution in [0.25, 0.3) is 0 Å². The third-order valence-corrected chi connectivity index (χ3v) is 4.09. The lowest BCUT2D eigenvalue weighted by Gasteiger charge is -2.41. The van der Waals surface area contributed by atoms with Gasteiger partial charge in [0, 0.05) is 18.6 Å². The Morgan fingerprint density at radius 2 is 1.75 bits per heavy atom. The van der Waals surface area contributed by atoms with Gasteiger partial charge >= 0.3 is 12.0 Å². The molecular weight excluding hydrogens is 256 g/mol. The fourth-order valence-corrected chi connectivity index (χ4v) is 2.66. The van der Waals surface area contributed by atoms with Crippen molar-refractivity contribution in [2.75, 3.05) is 19.6 Å². The van der Waals surface area contributed by atoms with Crippen LogP contribution in [-0.2, 0) is 4.79 Å². The second-order valence-electron chi connectivity index (χ2n) is 7.00. The molecule has 1 rings (SSSR count). The van der Waals surface area contributed by atoms with Gasteiger partial charge in [0.15, 0.2) is 0 Å². The normalized spacial score (nSPS) is 17.4. The maximum absolute atomic E-state index is 12.5. The monoisotopic (exact) mass is 284 g/mol. The van der Waals surface area contributed by atoms with E-state index in [4.69, 9.17) is 5.11 Å². The predicted molar refractivity (Wildman–Crippen MR) is 78.6 cm³/mol. The van der Waals surface area contributed by atoms with Crippen LogP contribution in [0.3, 0.4) is 0 Å². The summed E-state index contributed by atoms with van der Waals surface area (Å²) in [5.74, 6) is 0.344. The molecule has 0 unspecified atom stereocenters. The summed E-state index contributed by atoms with van der Waals surface area (Å²) in [6.45, 7) is 11.3. The molecule has 1 heterocycles. The van der Waals surface area contributed by atoms with Gasteiger partial charge in [-0.3, -0.25) is 4.79 Å². The van der Waals surface area contributed by atoms with Gasteiger partial charge in [0.1, 0.15) is 6.54 Å². The molecule has 0 spiro atoms. The van der Waals surface area contributed by atoms with Crippen molar-refractivity contribution in [1.82, 2.24) is 9.80 Å². The van der Waals surface area contributed by atoms with Gasteiger partial charge in [0.2, 0.25) is 0 Å². The van der Waals surface area contributed by atoms with Gasteiger partial charge in [0.05, 0.1) is 0 Å². The zero-order chi connectivity index (χ0) is 15.5. The molecule has 2 amide bonds. The average Bonchev–Trinajstić information content (AvgIpc) is 2.33. The van der Waals surface area contributed by atoms with Gasteiger partial charge in [-0.2, -0.15) is 0 Å². The number of carboxylic acids is 1. The van der Waals surface area contributed by atoms with Crippen LogP contribution < -0.4 is 0 Å². The summed E-state index contributed by atoms with van der Waals surface area (Å²) in [4.78, 5) is 26.8. The van der Waals surface area contributed by atoms with Gasteiger partial charge in [-0.15, -0.1) is 0 Å². The van der Waals surface area contributed by atoms with Gasteiger partial charge in [-0.1, -0.05) is 13.8 Å². The molecule has 20 heavy (non-hydrogen) atoms. The van der Waals surface area contributed by atoms with Crippen molar-refractivity contribution in [1.29, 1.82) is 0 Å². The molecule has 5 nitrogen and oxygen atoms in total. The molecule has 1 aliphatic heterocycles. The molecule has 0 saturated carbocycles. The molecule has 5 heteroatoms. The smallest absolute Gasteiger partial charge is 0.323 e. The van der Waals surface area contributed by atoms with Crippen LogP contribution in [0.4, 0.5) is 4.79 Å². The number of nitrogens with zero attached hydrogens (tertiary/aromatic N) is 2. The highest BCUT2D eigenvalue weighted by Gasteiger charge is 2.33. The summed E-state index contributed by atoms with van der Waals surface area (Å²) < 4.78 is 0. The molecule has 1 N–H and O–H groups in total. The van der Waals surface area contributed by atoms with E-state index in [9.17, 15) is 9.59 Å². The number of carbonyl (C=O) groups excluding carboxylic acids is 1. The molecule has 0 bridgehead atoms. The third-order valence-electron chi connectivity index (χ3n) is 4.09. The first-order chi connectivity index (χ1) is 9.12. The minimum absolute atomic E-state index is 0.151. The second kappa shape index (κ2) is 6.46. The number of amides is 2. The minimum Gasteiger partial charge on any atom is -0.480 e. The Morgan fingerprint density at radius 3 is 2.10 bits per heavy atom. The van der Waals surface area contributed by atoms with Crippen LogP contribution in [0, 0.1) is 11.8 Å². The fraction of sp³-hybridized carbons (Fsp3) is 0.867. The Bertz CT molecular complexity index is 353. The van der Waals surface area contributed by atoms with Crippen molar-refractivity contribution in [2.45, 2.75) is 53.0 Å². The number of hydrogen-bond donors (Lipinski definition) is 1. The Balaban J connectivity index is 2.70. The Labute approximate surface area is 121 Å². The van der Waals surface area contributed by atoms with Crippen LogP contribution in [0.1, 0.15) is 47.5 Å². The van der Waals surface area contributed by atoms with Crippen molar-refractivity contribution < 1.29 is 14.7 Å². The van der Waals surface area contributed by atoms with Crippen molar-refractivity contribution in [3.63, 3.8) is 0 Å². The van der Waals surface area contributed by atoms with E-state index in [1.54, 1.807) is 4.90 Å². The lowest BCUT2D eigenvalue weighted by atomic mass is 9.87. The standard InChI is InChI=1S/C15H28N2O3/c1-11(2)12-6-8-16(9-7-12)14(20)17(10-13(18)19)15(3,4)5/h11-12H,6-10H2,1-5H3,(H,18,19). The van der Waals surface area contributed by atoms with E-state index in [1.807, 2.05) is 20.8 Å². The molecule has 1 fully saturated rings. The van der Waals surface area contributed by atoms with Crippen molar-refractivity contribution in [2.24, 2.45) is 11.8 Å². The minimum atomic E-state index is -0.967. The van der Waals surface area contributed by atoms with Crippen LogP contribution in [0.5, 0.6) is 0 Å². The molecule has 0 radical (unpaired) electrons. The second-order valence-corrected chi connectivity index (χ2v) is 7.00. The van der Waals surface area contributed by atoms with Gasteiger partial charge < -0.3 is 14.9 Å². The maximum atomic E-state index is 12.5. The highest BCUT2D eigenvalue weighted by atomic mass is 16.4. The SMILES string of the molecule is CC(C)C1CCN(C(=O)N(CC(=O)O)C(C)(C)C)CC1. The summed E-state index contributed by atoms with van der Waals surface area (Å²) in [5.41, 5.74) is -0.482. The number of aliphatic carboxylic acids is 1. The first-order valence-electron chi connectivity index (χ1n) is 7.41. The van der Waals surface area contributed by atoms with Crippen molar-refractivity contribution in [3.8, 4) is 0 Å². The van der Waals surface area contributed by atoms with E-state index in [0.29, 0.717) is 11.8 Å². The number of hydrogen-bond acceptors (Lipinski definition) is 2. The highest BCUT2D eigenvalue weighted by molar-refractivity contribution is 5.81. The zero-order valence-electron chi connectivity index (χ0n) is 13.3. The molecule has 0 aromatic heterocycles. The topological polar surface area (TPSA) is 60.9 Å². The molecule has 0 aliphatic carbocycles. The maximum Gasteiger partial charge on any atom is 0.323 e. The molecule has 1 aliphatic rings. The van der Waals surface area contributed by atoms with Crippen LogP contribution in [0.15, 0.2) is 0 Å². The quantitative estimate of drug-likeness (QED) is 0.866. The number of urea groups is 1. The number of likely N-dealkylation sites (tertiary alicyclic amines) is 1. The zero-order valence-corrected chi connectivity index (χ0v) is 13.3. The summed E-state index contributed by atoms with van der Waals surface area (Å²) in [7, 11) is 0. The van der Waals surface area contributed by atoms with E-state index in [1.165, 1.54) is 4.90 Å². The largest absolute Gasteiger partial charge is 0.480 e. The van der Waals surface area contributed by atoms with Gasteiger partial charge in [-0.25, -0.2) is 4.79 Å². The Hall–Kier alpha value is -1.26. The van der Waals surface area contributed by atoms with Gasteiger partial charge in [0.25, 0.3) is 0 Å². The van der Waals surface area contributed by atoms with E-state index in [2.05, 4.69) is 13.8 Å². The predicted octanol–water partition coefficient (Wildman–Crippen LogP) is 2.66. The molecule has 0 aromatic carbocycles. The van der Waals surface area contributed by atoms with Crippen molar-refractivity contribution in [3.05, 3.63) is 0 Å². The Morgan fingerprint density at radius 1 is 1.25 bits per heavy atom. The third kappa shape index (κ3) is 4.39. The molecule has 1 saturated heterocycles. The van der Waals surface area contributed by atoms with E-state index in [0.717, 1.165) is 25.9 Å². The summed E-state index contributed by atoms with van der Waals surface area (Å²) in [5, 5.41) is 9.00. The molecule has 0 aromatic rings. The summed E-state index contributed by atoms with van der Waals surface area (Å²) in [6, 6.07) is -0.151. The average molecular weight is 284 g/mol. The lowest BCUT2D eigenvalue weighted by molar-refractivity contribution is -0.138. The van der Waals surface area contributed by atoms with E-state index >= 15 is 0 Å². The van der Waals surface area contributed by atoms with E-state index < -0.39 is 11.5 Å². The summed E-state index contributed by atoms with van der Waals surface area (Å²) in [6.07, 6.45) is 2.02. The number of carbonyl (C=O) groups is 2. The van der Waals surface area contributed by atoms with E-state index in [-0.39, 0.29) is 12.6 Å². The first-order valence-corrected chi connectivity index (χ1v) is 7.41. The highest BCUT2D eigenvalue weighted by Crippen LogP contribution is 2.26. The summed E-state index contributed by atoms with van der Waals surface area (Å²) >= 11 is 0. The number of piperidine rings is 1. The Kier molecular flexibility index (Phi) is 5.42. The van der Waals surface area contributed by atoms with Crippen LogP contribution in [-0.4, -0.2) is 52.1 Å². The molecule has 0 atom stereocenters. The number of rotatable bonds is 3. The van der Waals surface area contributed by atoms with Crippen LogP contribution in [0.2, 0.25) is 0 Å². The fourth-order valence-electron chi connectivity index (χ4n) is 2.66.